The Morgan fingerprint density at radius 3 is 2.82 bits per heavy atom. The van der Waals surface area contributed by atoms with Gasteiger partial charge in [-0.15, -0.1) is 0 Å². The topological polar surface area (TPSA) is 75.3 Å². The summed E-state index contributed by atoms with van der Waals surface area (Å²) in [5, 5.41) is 8.89. The van der Waals surface area contributed by atoms with Crippen LogP contribution in [0.25, 0.3) is 0 Å². The summed E-state index contributed by atoms with van der Waals surface area (Å²) < 4.78 is 0. The number of anilines is 1. The molecule has 0 aliphatic carbocycles. The Labute approximate surface area is 102 Å². The van der Waals surface area contributed by atoms with Crippen LogP contribution in [0, 0.1) is 0 Å². The number of nitrogens with two attached hydrogens (primary N) is 1. The second kappa shape index (κ2) is 5.93. The monoisotopic (exact) mass is 236 g/mol. The van der Waals surface area contributed by atoms with E-state index >= 15 is 0 Å². The van der Waals surface area contributed by atoms with Gasteiger partial charge in [0.05, 0.1) is 0 Å². The predicted octanol–water partition coefficient (Wildman–Crippen LogP) is 0.677. The summed E-state index contributed by atoms with van der Waals surface area (Å²) in [7, 11) is 0. The average Bonchev–Trinajstić information content (AvgIpc) is 2.84. The third-order valence-corrected chi connectivity index (χ3v) is 3.26. The molecule has 2 rings (SSSR count). The molecule has 1 aliphatic rings. The molecule has 1 unspecified atom stereocenters. The highest BCUT2D eigenvalue weighted by Crippen LogP contribution is 2.24. The van der Waals surface area contributed by atoms with Crippen molar-refractivity contribution in [1.82, 2.24) is 9.97 Å². The number of aliphatic hydroxyl groups excluding tert-OH is 1. The molecule has 1 fully saturated rings. The number of hydrogen-bond donors (Lipinski definition) is 2. The fourth-order valence-electron chi connectivity index (χ4n) is 2.33. The third kappa shape index (κ3) is 2.92. The van der Waals surface area contributed by atoms with Crippen molar-refractivity contribution in [2.45, 2.75) is 38.3 Å². The molecule has 0 spiro atoms. The minimum absolute atomic E-state index is 0.261. The van der Waals surface area contributed by atoms with Gasteiger partial charge in [-0.3, -0.25) is 0 Å². The molecule has 1 aliphatic heterocycles. The van der Waals surface area contributed by atoms with Gasteiger partial charge in [-0.05, 0) is 25.7 Å². The zero-order chi connectivity index (χ0) is 12.1. The van der Waals surface area contributed by atoms with Crippen molar-refractivity contribution in [3.8, 4) is 0 Å². The molecule has 0 saturated carbocycles. The van der Waals surface area contributed by atoms with Crippen LogP contribution in [0.1, 0.15) is 31.2 Å². The van der Waals surface area contributed by atoms with Crippen molar-refractivity contribution in [3.05, 3.63) is 18.0 Å². The molecular weight excluding hydrogens is 216 g/mol. The summed E-state index contributed by atoms with van der Waals surface area (Å²) in [6.45, 7) is 1.75. The molecule has 5 nitrogen and oxygen atoms in total. The number of aliphatic hydroxyl groups is 1. The summed E-state index contributed by atoms with van der Waals surface area (Å²) in [6.07, 6.45) is 7.80. The Hall–Kier alpha value is -1.20. The van der Waals surface area contributed by atoms with E-state index in [1.807, 2.05) is 0 Å². The third-order valence-electron chi connectivity index (χ3n) is 3.26. The summed E-state index contributed by atoms with van der Waals surface area (Å²) >= 11 is 0. The fraction of sp³-hybridized carbons (Fsp3) is 0.667. The normalized spacial score (nSPS) is 19.9. The Kier molecular flexibility index (Phi) is 4.28. The van der Waals surface area contributed by atoms with Gasteiger partial charge < -0.3 is 15.7 Å². The van der Waals surface area contributed by atoms with Gasteiger partial charge in [0.15, 0.2) is 0 Å². The molecule has 0 aromatic carbocycles. The van der Waals surface area contributed by atoms with Crippen molar-refractivity contribution >= 4 is 5.95 Å². The van der Waals surface area contributed by atoms with Gasteiger partial charge in [-0.2, -0.15) is 0 Å². The maximum atomic E-state index is 8.89. The molecule has 1 aromatic heterocycles. The van der Waals surface area contributed by atoms with Gasteiger partial charge in [0.2, 0.25) is 5.95 Å². The van der Waals surface area contributed by atoms with Crippen LogP contribution in [0.2, 0.25) is 0 Å². The Morgan fingerprint density at radius 2 is 2.18 bits per heavy atom. The zero-order valence-corrected chi connectivity index (χ0v) is 10.0. The van der Waals surface area contributed by atoms with Crippen molar-refractivity contribution < 1.29 is 5.11 Å². The van der Waals surface area contributed by atoms with E-state index in [0.717, 1.165) is 30.9 Å². The second-order valence-corrected chi connectivity index (χ2v) is 4.45. The standard InChI is InChI=1S/C12H20N4O/c13-7-10-8-14-12(15-9-10)16-5-1-3-11(16)4-2-6-17/h8-9,11,17H,1-7,13H2. The van der Waals surface area contributed by atoms with E-state index < -0.39 is 0 Å². The summed E-state index contributed by atoms with van der Waals surface area (Å²) in [5.74, 6) is 0.794. The minimum Gasteiger partial charge on any atom is -0.396 e. The molecule has 0 bridgehead atoms. The van der Waals surface area contributed by atoms with Gasteiger partial charge in [-0.1, -0.05) is 0 Å². The van der Waals surface area contributed by atoms with Crippen LogP contribution in [0.3, 0.4) is 0 Å². The molecule has 1 aromatic rings. The first-order chi connectivity index (χ1) is 8.35. The Balaban J connectivity index is 2.03. The molecular formula is C12H20N4O. The Morgan fingerprint density at radius 1 is 1.41 bits per heavy atom. The van der Waals surface area contributed by atoms with Gasteiger partial charge in [0.1, 0.15) is 0 Å². The minimum atomic E-state index is 0.261. The molecule has 1 saturated heterocycles. The van der Waals surface area contributed by atoms with Gasteiger partial charge in [0.25, 0.3) is 0 Å². The summed E-state index contributed by atoms with van der Waals surface area (Å²) in [5.41, 5.74) is 6.48. The maximum Gasteiger partial charge on any atom is 0.225 e. The first kappa shape index (κ1) is 12.3. The van der Waals surface area contributed by atoms with Crippen LogP contribution >= 0.6 is 0 Å². The molecule has 17 heavy (non-hydrogen) atoms. The lowest BCUT2D eigenvalue weighted by molar-refractivity contribution is 0.279. The lowest BCUT2D eigenvalue weighted by Gasteiger charge is -2.24. The lowest BCUT2D eigenvalue weighted by atomic mass is 10.1. The van der Waals surface area contributed by atoms with Crippen molar-refractivity contribution in [2.24, 2.45) is 5.73 Å². The SMILES string of the molecule is NCc1cnc(N2CCCC2CCCO)nc1. The lowest BCUT2D eigenvalue weighted by Crippen LogP contribution is -2.31. The van der Waals surface area contributed by atoms with E-state index in [1.165, 1.54) is 12.8 Å². The molecule has 3 N–H and O–H groups in total. The van der Waals surface area contributed by atoms with E-state index in [-0.39, 0.29) is 6.61 Å². The molecule has 0 radical (unpaired) electrons. The van der Waals surface area contributed by atoms with Crippen molar-refractivity contribution in [3.63, 3.8) is 0 Å². The summed E-state index contributed by atoms with van der Waals surface area (Å²) in [4.78, 5) is 11.0. The first-order valence-electron chi connectivity index (χ1n) is 6.23. The first-order valence-corrected chi connectivity index (χ1v) is 6.23. The van der Waals surface area contributed by atoms with E-state index in [2.05, 4.69) is 14.9 Å². The van der Waals surface area contributed by atoms with E-state index in [0.29, 0.717) is 12.6 Å². The van der Waals surface area contributed by atoms with Crippen LogP contribution < -0.4 is 10.6 Å². The largest absolute Gasteiger partial charge is 0.396 e. The number of rotatable bonds is 5. The van der Waals surface area contributed by atoms with Crippen molar-refractivity contribution in [2.75, 3.05) is 18.1 Å². The second-order valence-electron chi connectivity index (χ2n) is 4.45. The van der Waals surface area contributed by atoms with Gasteiger partial charge >= 0.3 is 0 Å². The predicted molar refractivity (Wildman–Crippen MR) is 66.6 cm³/mol. The van der Waals surface area contributed by atoms with E-state index in [4.69, 9.17) is 10.8 Å². The highest BCUT2D eigenvalue weighted by Gasteiger charge is 2.25. The highest BCUT2D eigenvalue weighted by atomic mass is 16.2. The zero-order valence-electron chi connectivity index (χ0n) is 10.0. The van der Waals surface area contributed by atoms with E-state index in [1.54, 1.807) is 12.4 Å². The maximum absolute atomic E-state index is 8.89. The molecule has 2 heterocycles. The molecule has 1 atom stereocenters. The quantitative estimate of drug-likeness (QED) is 0.786. The number of hydrogen-bond acceptors (Lipinski definition) is 5. The van der Waals surface area contributed by atoms with Gasteiger partial charge in [0, 0.05) is 43.7 Å². The van der Waals surface area contributed by atoms with Crippen LogP contribution in [0.15, 0.2) is 12.4 Å². The summed E-state index contributed by atoms with van der Waals surface area (Å²) in [6, 6.07) is 0.478. The molecule has 5 heteroatoms. The molecule has 0 amide bonds. The molecule has 94 valence electrons. The average molecular weight is 236 g/mol. The van der Waals surface area contributed by atoms with Crippen molar-refractivity contribution in [1.29, 1.82) is 0 Å². The van der Waals surface area contributed by atoms with Crippen LogP contribution in [-0.2, 0) is 6.54 Å². The highest BCUT2D eigenvalue weighted by molar-refractivity contribution is 5.33. The number of nitrogens with zero attached hydrogens (tertiary/aromatic N) is 3. The van der Waals surface area contributed by atoms with E-state index in [9.17, 15) is 0 Å². The fourth-order valence-corrected chi connectivity index (χ4v) is 2.33. The van der Waals surface area contributed by atoms with Crippen LogP contribution in [0.4, 0.5) is 5.95 Å². The van der Waals surface area contributed by atoms with Gasteiger partial charge in [-0.25, -0.2) is 9.97 Å². The van der Waals surface area contributed by atoms with Crippen LogP contribution in [-0.4, -0.2) is 34.3 Å². The number of aromatic nitrogens is 2. The van der Waals surface area contributed by atoms with Crippen LogP contribution in [0.5, 0.6) is 0 Å². The Bertz CT molecular complexity index is 341. The smallest absolute Gasteiger partial charge is 0.225 e.